The van der Waals surface area contributed by atoms with Crippen LogP contribution in [0.1, 0.15) is 16.8 Å². The molecule has 1 aromatic carbocycles. The van der Waals surface area contributed by atoms with Crippen molar-refractivity contribution in [1.29, 1.82) is 0 Å². The molecular weight excluding hydrogens is 474 g/mol. The first kappa shape index (κ1) is 22.8. The third-order valence-electron chi connectivity index (χ3n) is 5.76. The highest BCUT2D eigenvalue weighted by atomic mass is 35.5. The quantitative estimate of drug-likeness (QED) is 0.419. The lowest BCUT2D eigenvalue weighted by molar-refractivity contribution is -0.131. The molecule has 0 aliphatic carbocycles. The Morgan fingerprint density at radius 1 is 1.34 bits per heavy atom. The summed E-state index contributed by atoms with van der Waals surface area (Å²) in [7, 11) is 1.52. The number of hydrogen-bond donors (Lipinski definition) is 2. The van der Waals surface area contributed by atoms with E-state index in [0.717, 1.165) is 0 Å². The highest BCUT2D eigenvalue weighted by Crippen LogP contribution is 2.36. The first-order valence-electron chi connectivity index (χ1n) is 10.9. The van der Waals surface area contributed by atoms with Crippen molar-refractivity contribution in [3.63, 3.8) is 0 Å². The Labute approximate surface area is 204 Å². The topological polar surface area (TPSA) is 127 Å². The molecule has 1 aliphatic heterocycles. The molecule has 3 aromatic heterocycles. The van der Waals surface area contributed by atoms with Crippen molar-refractivity contribution in [2.75, 3.05) is 25.5 Å². The maximum absolute atomic E-state index is 13.2. The van der Waals surface area contributed by atoms with Gasteiger partial charge in [-0.15, -0.1) is 0 Å². The lowest BCUT2D eigenvalue weighted by Gasteiger charge is -2.15. The van der Waals surface area contributed by atoms with Gasteiger partial charge < -0.3 is 20.1 Å². The minimum Gasteiger partial charge on any atom is -0.496 e. The number of aromatic nitrogens is 5. The molecule has 12 heteroatoms. The van der Waals surface area contributed by atoms with Crippen molar-refractivity contribution in [2.24, 2.45) is 0 Å². The van der Waals surface area contributed by atoms with Gasteiger partial charge in [-0.05, 0) is 30.7 Å². The van der Waals surface area contributed by atoms with Crippen molar-refractivity contribution >= 4 is 34.7 Å². The van der Waals surface area contributed by atoms with Gasteiger partial charge in [0.2, 0.25) is 5.91 Å². The standard InChI is InChI=1S/C23H22ClN7O4/c1-35-19-4-3-14(24)9-16(19)21-18(12-30(28-21)13-20(33)29-8-5-15(32)11-29)27-23(34)17-10-26-31-7-2-6-25-22(17)31/h2-4,6-7,9-10,12,15,32H,5,8,11,13H2,1H3,(H,27,34)/t15-/m1/s1. The summed E-state index contributed by atoms with van der Waals surface area (Å²) in [6, 6.07) is 6.78. The summed E-state index contributed by atoms with van der Waals surface area (Å²) in [6.45, 7) is 0.721. The first-order valence-corrected chi connectivity index (χ1v) is 11.3. The Hall–Kier alpha value is -3.96. The molecule has 180 valence electrons. The fraction of sp³-hybridized carbons (Fsp3) is 0.261. The summed E-state index contributed by atoms with van der Waals surface area (Å²) in [5.41, 5.74) is 1.99. The zero-order valence-electron chi connectivity index (χ0n) is 18.8. The summed E-state index contributed by atoms with van der Waals surface area (Å²) in [5, 5.41) is 21.8. The highest BCUT2D eigenvalue weighted by Gasteiger charge is 2.26. The molecule has 4 heterocycles. The molecule has 35 heavy (non-hydrogen) atoms. The zero-order valence-corrected chi connectivity index (χ0v) is 19.5. The molecule has 1 saturated heterocycles. The SMILES string of the molecule is COc1ccc(Cl)cc1-c1nn(CC(=O)N2CC[C@@H](O)C2)cc1NC(=O)c1cnn2cccnc12. The van der Waals surface area contributed by atoms with Crippen LogP contribution in [0.3, 0.4) is 0 Å². The number of aliphatic hydroxyl groups excluding tert-OH is 1. The highest BCUT2D eigenvalue weighted by molar-refractivity contribution is 6.31. The van der Waals surface area contributed by atoms with E-state index in [0.29, 0.717) is 52.9 Å². The molecule has 0 unspecified atom stereocenters. The molecule has 2 amide bonds. The van der Waals surface area contributed by atoms with E-state index < -0.39 is 12.0 Å². The van der Waals surface area contributed by atoms with Crippen LogP contribution in [0.15, 0.2) is 49.1 Å². The number of anilines is 1. The molecule has 0 radical (unpaired) electrons. The normalized spacial score (nSPS) is 15.5. The Kier molecular flexibility index (Phi) is 6.10. The summed E-state index contributed by atoms with van der Waals surface area (Å²) in [6.07, 6.45) is 6.32. The maximum Gasteiger partial charge on any atom is 0.261 e. The van der Waals surface area contributed by atoms with Crippen LogP contribution in [0.4, 0.5) is 5.69 Å². The van der Waals surface area contributed by atoms with Gasteiger partial charge in [0, 0.05) is 42.3 Å². The average molecular weight is 496 g/mol. The minimum atomic E-state index is -0.517. The fourth-order valence-corrected chi connectivity index (χ4v) is 4.21. The van der Waals surface area contributed by atoms with Crippen molar-refractivity contribution in [2.45, 2.75) is 19.1 Å². The second kappa shape index (κ2) is 9.35. The number of fused-ring (bicyclic) bond motifs is 1. The third kappa shape index (κ3) is 4.55. The lowest BCUT2D eigenvalue weighted by atomic mass is 10.1. The minimum absolute atomic E-state index is 0.0588. The Morgan fingerprint density at radius 2 is 2.20 bits per heavy atom. The van der Waals surface area contributed by atoms with Gasteiger partial charge in [-0.2, -0.15) is 10.2 Å². The molecule has 1 fully saturated rings. The molecule has 2 N–H and O–H groups in total. The largest absolute Gasteiger partial charge is 0.496 e. The van der Waals surface area contributed by atoms with Crippen LogP contribution < -0.4 is 10.1 Å². The van der Waals surface area contributed by atoms with E-state index in [9.17, 15) is 14.7 Å². The molecule has 0 saturated carbocycles. The number of amides is 2. The van der Waals surface area contributed by atoms with Crippen LogP contribution in [-0.2, 0) is 11.3 Å². The van der Waals surface area contributed by atoms with E-state index in [1.165, 1.54) is 22.5 Å². The van der Waals surface area contributed by atoms with Crippen molar-refractivity contribution in [3.8, 4) is 17.0 Å². The summed E-state index contributed by atoms with van der Waals surface area (Å²) in [5.74, 6) is -0.116. The monoisotopic (exact) mass is 495 g/mol. The van der Waals surface area contributed by atoms with E-state index in [2.05, 4.69) is 20.5 Å². The molecule has 0 bridgehead atoms. The van der Waals surface area contributed by atoms with Crippen molar-refractivity contribution < 1.29 is 19.4 Å². The summed E-state index contributed by atoms with van der Waals surface area (Å²) < 4.78 is 8.43. The molecular formula is C23H22ClN7O4. The van der Waals surface area contributed by atoms with Crippen LogP contribution in [0, 0.1) is 0 Å². The van der Waals surface area contributed by atoms with E-state index in [1.807, 2.05) is 0 Å². The van der Waals surface area contributed by atoms with Gasteiger partial charge >= 0.3 is 0 Å². The molecule has 1 atom stereocenters. The Balaban J connectivity index is 1.50. The van der Waals surface area contributed by atoms with E-state index >= 15 is 0 Å². The number of ether oxygens (including phenoxy) is 1. The van der Waals surface area contributed by atoms with E-state index in [1.54, 1.807) is 47.8 Å². The molecule has 1 aliphatic rings. The van der Waals surface area contributed by atoms with Crippen molar-refractivity contribution in [3.05, 3.63) is 59.6 Å². The number of likely N-dealkylation sites (tertiary alicyclic amines) is 1. The number of β-amino-alcohol motifs (C(OH)–C–C–N with tert-alkyl or cyclic N) is 1. The van der Waals surface area contributed by atoms with Gasteiger partial charge in [-0.3, -0.25) is 14.3 Å². The van der Waals surface area contributed by atoms with E-state index in [-0.39, 0.29) is 18.0 Å². The number of methoxy groups -OCH3 is 1. The maximum atomic E-state index is 13.2. The van der Waals surface area contributed by atoms with Gasteiger partial charge in [0.15, 0.2) is 5.65 Å². The van der Waals surface area contributed by atoms with Gasteiger partial charge in [0.1, 0.15) is 23.6 Å². The predicted octanol–water partition coefficient (Wildman–Crippen LogP) is 2.10. The van der Waals surface area contributed by atoms with Crippen LogP contribution in [-0.4, -0.2) is 72.5 Å². The Bertz CT molecular complexity index is 1420. The van der Waals surface area contributed by atoms with Gasteiger partial charge in [0.05, 0.1) is 25.1 Å². The number of halogens is 1. The number of nitrogens with one attached hydrogen (secondary N) is 1. The molecule has 4 aromatic rings. The number of benzene rings is 1. The average Bonchev–Trinajstić information content (AvgIpc) is 3.57. The number of nitrogens with zero attached hydrogens (tertiary/aromatic N) is 6. The number of rotatable bonds is 6. The molecule has 0 spiro atoms. The number of aliphatic hydroxyl groups is 1. The third-order valence-corrected chi connectivity index (χ3v) is 6.00. The second-order valence-electron chi connectivity index (χ2n) is 8.12. The fourth-order valence-electron chi connectivity index (χ4n) is 4.04. The molecule has 11 nitrogen and oxygen atoms in total. The number of hydrogen-bond acceptors (Lipinski definition) is 7. The predicted molar refractivity (Wildman–Crippen MR) is 127 cm³/mol. The summed E-state index contributed by atoms with van der Waals surface area (Å²) in [4.78, 5) is 31.7. The van der Waals surface area contributed by atoms with Gasteiger partial charge in [-0.1, -0.05) is 11.6 Å². The number of carbonyl (C=O) groups is 2. The molecule has 5 rings (SSSR count). The zero-order chi connectivity index (χ0) is 24.5. The number of carbonyl (C=O) groups excluding carboxylic acids is 2. The van der Waals surface area contributed by atoms with E-state index in [4.69, 9.17) is 16.3 Å². The van der Waals surface area contributed by atoms with Crippen LogP contribution >= 0.6 is 11.6 Å². The smallest absolute Gasteiger partial charge is 0.261 e. The van der Waals surface area contributed by atoms with Crippen molar-refractivity contribution in [1.82, 2.24) is 29.3 Å². The van der Waals surface area contributed by atoms with Crippen LogP contribution in [0.2, 0.25) is 5.02 Å². The summed E-state index contributed by atoms with van der Waals surface area (Å²) >= 11 is 6.24. The lowest BCUT2D eigenvalue weighted by Crippen LogP contribution is -2.32. The van der Waals surface area contributed by atoms with Gasteiger partial charge in [-0.25, -0.2) is 9.50 Å². The van der Waals surface area contributed by atoms with Crippen LogP contribution in [0.25, 0.3) is 16.9 Å². The Morgan fingerprint density at radius 3 is 2.97 bits per heavy atom. The van der Waals surface area contributed by atoms with Gasteiger partial charge in [0.25, 0.3) is 5.91 Å². The first-order chi connectivity index (χ1) is 16.9. The second-order valence-corrected chi connectivity index (χ2v) is 8.55. The van der Waals surface area contributed by atoms with Crippen LogP contribution in [0.5, 0.6) is 5.75 Å².